The molecule has 0 aliphatic carbocycles. The summed E-state index contributed by atoms with van der Waals surface area (Å²) in [5, 5.41) is 22.1. The molecule has 0 heterocycles. The van der Waals surface area contributed by atoms with E-state index in [0.717, 1.165) is 0 Å². The number of benzene rings is 1. The van der Waals surface area contributed by atoms with Crippen LogP contribution in [0.4, 0.5) is 11.4 Å². The molecule has 0 saturated heterocycles. The number of nitrogens with zero attached hydrogens (tertiary/aromatic N) is 1. The summed E-state index contributed by atoms with van der Waals surface area (Å²) in [5.74, 6) is -1.12. The number of non-ortho nitro benzene ring substituents is 1. The fourth-order valence-corrected chi connectivity index (χ4v) is 1.49. The lowest BCUT2D eigenvalue weighted by Crippen LogP contribution is -2.42. The second-order valence-electron chi connectivity index (χ2n) is 3.87. The molecule has 0 aromatic heterocycles. The largest absolute Gasteiger partial charge is 0.481 e. The second kappa shape index (κ2) is 6.45. The van der Waals surface area contributed by atoms with Crippen LogP contribution in [-0.4, -0.2) is 34.4 Å². The van der Waals surface area contributed by atoms with Gasteiger partial charge in [-0.25, -0.2) is 0 Å². The van der Waals surface area contributed by atoms with Crippen molar-refractivity contribution in [2.24, 2.45) is 5.73 Å². The maximum absolute atomic E-state index is 10.7. The molecule has 8 heteroatoms. The Bertz CT molecular complexity index is 491. The molecule has 0 bridgehead atoms. The van der Waals surface area contributed by atoms with Crippen LogP contribution >= 0.6 is 0 Å². The predicted octanol–water partition coefficient (Wildman–Crippen LogP) is 0.376. The normalized spacial score (nSPS) is 13.3. The fourth-order valence-electron chi connectivity index (χ4n) is 1.49. The van der Waals surface area contributed by atoms with Crippen molar-refractivity contribution in [1.82, 2.24) is 0 Å². The first-order valence-electron chi connectivity index (χ1n) is 5.37. The molecular weight excluding hydrogens is 254 g/mol. The van der Waals surface area contributed by atoms with Crippen molar-refractivity contribution in [3.8, 4) is 0 Å². The first kappa shape index (κ1) is 14.6. The van der Waals surface area contributed by atoms with E-state index in [1.165, 1.54) is 24.3 Å². The third kappa shape index (κ3) is 4.36. The standard InChI is InChI=1S/C11H13N3O5/c12-9(6-15)10(5-11(16)17)13-7-2-1-3-8(4-7)14(18)19/h1-4,6,9-10,13H,5,12H2,(H,16,17)/t9-,10?/m1/s1. The van der Waals surface area contributed by atoms with Crippen LogP contribution in [0.25, 0.3) is 0 Å². The molecular formula is C11H13N3O5. The number of aliphatic carboxylic acids is 1. The van der Waals surface area contributed by atoms with Gasteiger partial charge >= 0.3 is 5.97 Å². The number of nitro benzene ring substituents is 1. The van der Waals surface area contributed by atoms with Gasteiger partial charge in [0.05, 0.1) is 23.4 Å². The van der Waals surface area contributed by atoms with Gasteiger partial charge in [-0.05, 0) is 6.07 Å². The smallest absolute Gasteiger partial charge is 0.305 e. The van der Waals surface area contributed by atoms with Crippen molar-refractivity contribution >= 4 is 23.6 Å². The summed E-state index contributed by atoms with van der Waals surface area (Å²) in [7, 11) is 0. The van der Waals surface area contributed by atoms with Gasteiger partial charge in [0, 0.05) is 17.8 Å². The molecule has 1 aromatic carbocycles. The second-order valence-corrected chi connectivity index (χ2v) is 3.87. The number of nitrogens with two attached hydrogens (primary N) is 1. The van der Waals surface area contributed by atoms with Gasteiger partial charge in [0.2, 0.25) is 0 Å². The van der Waals surface area contributed by atoms with Crippen LogP contribution in [0.2, 0.25) is 0 Å². The maximum atomic E-state index is 10.7. The van der Waals surface area contributed by atoms with E-state index < -0.39 is 23.0 Å². The fraction of sp³-hybridized carbons (Fsp3) is 0.273. The highest BCUT2D eigenvalue weighted by Gasteiger charge is 2.21. The van der Waals surface area contributed by atoms with Crippen LogP contribution in [0, 0.1) is 10.1 Å². The summed E-state index contributed by atoms with van der Waals surface area (Å²) in [6.07, 6.45) is 0.0561. The number of hydrogen-bond donors (Lipinski definition) is 3. The SMILES string of the molecule is N[C@H](C=O)C(CC(=O)O)Nc1cccc([N+](=O)[O-])c1. The highest BCUT2D eigenvalue weighted by molar-refractivity contribution is 5.71. The molecule has 0 amide bonds. The number of carboxylic acids is 1. The Morgan fingerprint density at radius 1 is 1.58 bits per heavy atom. The van der Waals surface area contributed by atoms with E-state index in [9.17, 15) is 19.7 Å². The Kier molecular flexibility index (Phi) is 4.95. The van der Waals surface area contributed by atoms with Gasteiger partial charge in [0.1, 0.15) is 6.29 Å². The molecule has 19 heavy (non-hydrogen) atoms. The van der Waals surface area contributed by atoms with Crippen LogP contribution in [0.15, 0.2) is 24.3 Å². The van der Waals surface area contributed by atoms with E-state index in [0.29, 0.717) is 12.0 Å². The van der Waals surface area contributed by atoms with Gasteiger partial charge < -0.3 is 21.0 Å². The van der Waals surface area contributed by atoms with Crippen molar-refractivity contribution in [1.29, 1.82) is 0 Å². The van der Waals surface area contributed by atoms with Crippen LogP contribution in [0.3, 0.4) is 0 Å². The number of carboxylic acid groups (broad SMARTS) is 1. The topological polar surface area (TPSA) is 136 Å². The Morgan fingerprint density at radius 2 is 2.26 bits per heavy atom. The van der Waals surface area contributed by atoms with E-state index in [1.807, 2.05) is 0 Å². The average molecular weight is 267 g/mol. The van der Waals surface area contributed by atoms with Crippen molar-refractivity contribution in [2.75, 3.05) is 5.32 Å². The Morgan fingerprint density at radius 3 is 2.79 bits per heavy atom. The molecule has 1 rings (SSSR count). The van der Waals surface area contributed by atoms with E-state index in [1.54, 1.807) is 0 Å². The van der Waals surface area contributed by atoms with E-state index >= 15 is 0 Å². The zero-order chi connectivity index (χ0) is 14.4. The summed E-state index contributed by atoms with van der Waals surface area (Å²) in [5.41, 5.74) is 5.67. The summed E-state index contributed by atoms with van der Waals surface area (Å²) < 4.78 is 0. The number of hydrogen-bond acceptors (Lipinski definition) is 6. The molecule has 0 saturated carbocycles. The van der Waals surface area contributed by atoms with Crippen molar-refractivity contribution < 1.29 is 19.6 Å². The average Bonchev–Trinajstić information content (AvgIpc) is 2.36. The Labute approximate surface area is 108 Å². The molecule has 102 valence electrons. The minimum Gasteiger partial charge on any atom is -0.481 e. The van der Waals surface area contributed by atoms with Crippen LogP contribution < -0.4 is 11.1 Å². The van der Waals surface area contributed by atoms with Crippen LogP contribution in [0.5, 0.6) is 0 Å². The van der Waals surface area contributed by atoms with Gasteiger partial charge in [0.15, 0.2) is 0 Å². The van der Waals surface area contributed by atoms with Gasteiger partial charge in [-0.15, -0.1) is 0 Å². The summed E-state index contributed by atoms with van der Waals surface area (Å²) >= 11 is 0. The van der Waals surface area contributed by atoms with Crippen molar-refractivity contribution in [3.63, 3.8) is 0 Å². The van der Waals surface area contributed by atoms with Gasteiger partial charge in [-0.2, -0.15) is 0 Å². The molecule has 0 fully saturated rings. The van der Waals surface area contributed by atoms with E-state index in [4.69, 9.17) is 10.8 Å². The molecule has 1 aromatic rings. The quantitative estimate of drug-likeness (QED) is 0.369. The molecule has 0 aliphatic rings. The highest BCUT2D eigenvalue weighted by Crippen LogP contribution is 2.18. The van der Waals surface area contributed by atoms with Gasteiger partial charge in [-0.1, -0.05) is 6.07 Å². The van der Waals surface area contributed by atoms with Gasteiger partial charge in [0.25, 0.3) is 5.69 Å². The summed E-state index contributed by atoms with van der Waals surface area (Å²) in [6, 6.07) is 3.67. The monoisotopic (exact) mass is 267 g/mol. The lowest BCUT2D eigenvalue weighted by atomic mass is 10.1. The lowest BCUT2D eigenvalue weighted by Gasteiger charge is -2.20. The number of nitrogens with one attached hydrogen (secondary N) is 1. The van der Waals surface area contributed by atoms with Crippen LogP contribution in [-0.2, 0) is 9.59 Å². The number of carbonyl (C=O) groups is 2. The first-order chi connectivity index (χ1) is 8.93. The summed E-state index contributed by atoms with van der Waals surface area (Å²) in [6.45, 7) is 0. The van der Waals surface area contributed by atoms with Gasteiger partial charge in [-0.3, -0.25) is 14.9 Å². The third-order valence-corrected chi connectivity index (χ3v) is 2.43. The van der Waals surface area contributed by atoms with E-state index in [2.05, 4.69) is 5.32 Å². The zero-order valence-corrected chi connectivity index (χ0v) is 9.85. The lowest BCUT2D eigenvalue weighted by molar-refractivity contribution is -0.384. The number of rotatable bonds is 7. The molecule has 2 atom stereocenters. The molecule has 0 radical (unpaired) electrons. The number of anilines is 1. The van der Waals surface area contributed by atoms with Crippen molar-refractivity contribution in [2.45, 2.75) is 18.5 Å². The minimum absolute atomic E-state index is 0.140. The Balaban J connectivity index is 2.89. The number of carbonyl (C=O) groups excluding carboxylic acids is 1. The molecule has 0 spiro atoms. The van der Waals surface area contributed by atoms with E-state index in [-0.39, 0.29) is 12.1 Å². The molecule has 8 nitrogen and oxygen atoms in total. The highest BCUT2D eigenvalue weighted by atomic mass is 16.6. The Hall–Kier alpha value is -2.48. The van der Waals surface area contributed by atoms with Crippen molar-refractivity contribution in [3.05, 3.63) is 34.4 Å². The van der Waals surface area contributed by atoms with Crippen LogP contribution in [0.1, 0.15) is 6.42 Å². The molecule has 0 aliphatic heterocycles. The third-order valence-electron chi connectivity index (χ3n) is 2.43. The zero-order valence-electron chi connectivity index (χ0n) is 9.85. The summed E-state index contributed by atoms with van der Waals surface area (Å²) in [4.78, 5) is 31.3. The minimum atomic E-state index is -1.12. The maximum Gasteiger partial charge on any atom is 0.305 e. The number of aldehydes is 1. The number of nitro groups is 1. The molecule has 4 N–H and O–H groups in total. The predicted molar refractivity (Wildman–Crippen MR) is 66.8 cm³/mol. The molecule has 1 unspecified atom stereocenters. The first-order valence-corrected chi connectivity index (χ1v) is 5.37.